The number of benzene rings is 1. The number of fused-ring (bicyclic) bond motifs is 1. The second kappa shape index (κ2) is 6.27. The monoisotopic (exact) mass is 295 g/mol. The number of likely N-dealkylation sites (N-methyl/N-ethyl adjacent to an activating group) is 1. The fraction of sp³-hybridized carbons (Fsp3) is 0.625. The molecule has 0 bridgehead atoms. The van der Waals surface area contributed by atoms with Crippen molar-refractivity contribution < 1.29 is 8.42 Å². The van der Waals surface area contributed by atoms with E-state index < -0.39 is 9.84 Å². The molecule has 2 rings (SSSR count). The van der Waals surface area contributed by atoms with E-state index >= 15 is 0 Å². The Morgan fingerprint density at radius 3 is 2.75 bits per heavy atom. The molecule has 3 nitrogen and oxygen atoms in total. The molecule has 0 saturated carbocycles. The minimum absolute atomic E-state index is 0.0220. The van der Waals surface area contributed by atoms with Crippen LogP contribution < -0.4 is 5.32 Å². The maximum atomic E-state index is 11.9. The highest BCUT2D eigenvalue weighted by molar-refractivity contribution is 7.91. The first-order valence-electron chi connectivity index (χ1n) is 7.46. The van der Waals surface area contributed by atoms with Gasteiger partial charge in [-0.3, -0.25) is 0 Å². The Balaban J connectivity index is 2.31. The standard InChI is InChI=1S/C16H25NO2S/c1-3-20(18,19)12-11-16(13-17-2)10-6-8-14-7-4-5-9-15(14)16/h4-5,7,9,17H,3,6,8,10-13H2,1-2H3. The maximum Gasteiger partial charge on any atom is 0.150 e. The molecule has 1 atom stereocenters. The van der Waals surface area contributed by atoms with Crippen LogP contribution in [0.4, 0.5) is 0 Å². The summed E-state index contributed by atoms with van der Waals surface area (Å²) in [4.78, 5) is 0. The molecule has 1 aliphatic carbocycles. The quantitative estimate of drug-likeness (QED) is 0.876. The highest BCUT2D eigenvalue weighted by atomic mass is 32.2. The summed E-state index contributed by atoms with van der Waals surface area (Å²) in [5.41, 5.74) is 2.72. The van der Waals surface area contributed by atoms with Gasteiger partial charge in [-0.25, -0.2) is 8.42 Å². The summed E-state index contributed by atoms with van der Waals surface area (Å²) in [5, 5.41) is 3.28. The Bertz CT molecular complexity index is 553. The summed E-state index contributed by atoms with van der Waals surface area (Å²) in [6.45, 7) is 2.58. The molecule has 0 radical (unpaired) electrons. The summed E-state index contributed by atoms with van der Waals surface area (Å²) in [5.74, 6) is 0.532. The van der Waals surface area contributed by atoms with Gasteiger partial charge in [-0.15, -0.1) is 0 Å². The van der Waals surface area contributed by atoms with Crippen LogP contribution in [-0.4, -0.2) is 33.5 Å². The van der Waals surface area contributed by atoms with Crippen molar-refractivity contribution in [1.29, 1.82) is 0 Å². The van der Waals surface area contributed by atoms with Crippen molar-refractivity contribution in [2.75, 3.05) is 25.1 Å². The van der Waals surface area contributed by atoms with Crippen molar-refractivity contribution in [2.24, 2.45) is 0 Å². The van der Waals surface area contributed by atoms with Gasteiger partial charge in [0.05, 0.1) is 5.75 Å². The molecule has 1 N–H and O–H groups in total. The summed E-state index contributed by atoms with van der Waals surface area (Å²) in [6, 6.07) is 8.53. The second-order valence-corrected chi connectivity index (χ2v) is 8.28. The van der Waals surface area contributed by atoms with Crippen molar-refractivity contribution in [1.82, 2.24) is 5.32 Å². The Labute approximate surface area is 122 Å². The number of hydrogen-bond donors (Lipinski definition) is 1. The van der Waals surface area contributed by atoms with Crippen LogP contribution in [0.3, 0.4) is 0 Å². The van der Waals surface area contributed by atoms with E-state index in [-0.39, 0.29) is 11.2 Å². The van der Waals surface area contributed by atoms with Gasteiger partial charge in [0.1, 0.15) is 9.84 Å². The van der Waals surface area contributed by atoms with Crippen molar-refractivity contribution in [3.05, 3.63) is 35.4 Å². The number of hydrogen-bond acceptors (Lipinski definition) is 3. The molecule has 1 aliphatic rings. The molecule has 1 unspecified atom stereocenters. The van der Waals surface area contributed by atoms with Crippen LogP contribution in [0, 0.1) is 0 Å². The molecule has 0 spiro atoms. The second-order valence-electron chi connectivity index (χ2n) is 5.81. The van der Waals surface area contributed by atoms with Gasteiger partial charge in [-0.05, 0) is 43.9 Å². The minimum atomic E-state index is -2.91. The Morgan fingerprint density at radius 1 is 1.30 bits per heavy atom. The highest BCUT2D eigenvalue weighted by Crippen LogP contribution is 2.39. The third-order valence-corrected chi connectivity index (χ3v) is 6.24. The summed E-state index contributed by atoms with van der Waals surface area (Å²) in [6.07, 6.45) is 4.05. The number of sulfone groups is 1. The molecular formula is C16H25NO2S. The fourth-order valence-electron chi connectivity index (χ4n) is 3.37. The van der Waals surface area contributed by atoms with Crippen molar-refractivity contribution in [3.8, 4) is 0 Å². The highest BCUT2D eigenvalue weighted by Gasteiger charge is 2.36. The molecular weight excluding hydrogens is 270 g/mol. The summed E-state index contributed by atoms with van der Waals surface area (Å²) >= 11 is 0. The first-order chi connectivity index (χ1) is 9.53. The largest absolute Gasteiger partial charge is 0.319 e. The predicted octanol–water partition coefficient (Wildman–Crippen LogP) is 2.30. The number of nitrogens with one attached hydrogen (secondary N) is 1. The first-order valence-corrected chi connectivity index (χ1v) is 9.28. The van der Waals surface area contributed by atoms with Crippen molar-refractivity contribution >= 4 is 9.84 Å². The molecule has 4 heteroatoms. The Hall–Kier alpha value is -0.870. The van der Waals surface area contributed by atoms with Crippen LogP contribution in [0.1, 0.15) is 37.3 Å². The summed E-state index contributed by atoms with van der Waals surface area (Å²) in [7, 11) is -0.954. The zero-order valence-corrected chi connectivity index (χ0v) is 13.3. The molecule has 1 aromatic carbocycles. The number of rotatable bonds is 6. The van der Waals surface area contributed by atoms with Crippen LogP contribution in [0.15, 0.2) is 24.3 Å². The van der Waals surface area contributed by atoms with Crippen LogP contribution in [-0.2, 0) is 21.7 Å². The predicted molar refractivity (Wildman–Crippen MR) is 83.9 cm³/mol. The van der Waals surface area contributed by atoms with Crippen LogP contribution in [0.2, 0.25) is 0 Å². The fourth-order valence-corrected chi connectivity index (χ4v) is 4.36. The van der Waals surface area contributed by atoms with Gasteiger partial charge >= 0.3 is 0 Å². The van der Waals surface area contributed by atoms with E-state index in [0.717, 1.165) is 32.2 Å². The number of aryl methyl sites for hydroxylation is 1. The molecule has 0 heterocycles. The van der Waals surface area contributed by atoms with Gasteiger partial charge in [0.25, 0.3) is 0 Å². The van der Waals surface area contributed by atoms with E-state index in [2.05, 4.69) is 29.6 Å². The third kappa shape index (κ3) is 3.23. The lowest BCUT2D eigenvalue weighted by atomic mass is 9.68. The average Bonchev–Trinajstić information content (AvgIpc) is 2.46. The SMILES string of the molecule is CCS(=O)(=O)CCC1(CNC)CCCc2ccccc21. The molecule has 1 aromatic rings. The average molecular weight is 295 g/mol. The zero-order valence-electron chi connectivity index (χ0n) is 12.5. The maximum absolute atomic E-state index is 11.9. The van der Waals surface area contributed by atoms with E-state index in [1.165, 1.54) is 11.1 Å². The Kier molecular flexibility index (Phi) is 4.86. The van der Waals surface area contributed by atoms with Gasteiger partial charge in [0, 0.05) is 17.7 Å². The lowest BCUT2D eigenvalue weighted by Crippen LogP contribution is -2.41. The van der Waals surface area contributed by atoms with Gasteiger partial charge in [0.2, 0.25) is 0 Å². The van der Waals surface area contributed by atoms with Crippen LogP contribution >= 0.6 is 0 Å². The van der Waals surface area contributed by atoms with E-state index in [1.54, 1.807) is 6.92 Å². The molecule has 0 aromatic heterocycles. The van der Waals surface area contributed by atoms with Gasteiger partial charge in [0.15, 0.2) is 0 Å². The van der Waals surface area contributed by atoms with E-state index in [4.69, 9.17) is 0 Å². The first kappa shape index (κ1) is 15.5. The summed E-state index contributed by atoms with van der Waals surface area (Å²) < 4.78 is 23.8. The van der Waals surface area contributed by atoms with E-state index in [0.29, 0.717) is 5.75 Å². The lowest BCUT2D eigenvalue weighted by molar-refractivity contribution is 0.337. The minimum Gasteiger partial charge on any atom is -0.319 e. The van der Waals surface area contributed by atoms with E-state index in [9.17, 15) is 8.42 Å². The molecule has 112 valence electrons. The van der Waals surface area contributed by atoms with E-state index in [1.807, 2.05) is 7.05 Å². The molecule has 0 amide bonds. The molecule has 20 heavy (non-hydrogen) atoms. The smallest absolute Gasteiger partial charge is 0.150 e. The Morgan fingerprint density at radius 2 is 2.05 bits per heavy atom. The van der Waals surface area contributed by atoms with Crippen LogP contribution in [0.25, 0.3) is 0 Å². The topological polar surface area (TPSA) is 46.2 Å². The molecule has 0 fully saturated rings. The van der Waals surface area contributed by atoms with Crippen molar-refractivity contribution in [3.63, 3.8) is 0 Å². The lowest BCUT2D eigenvalue weighted by Gasteiger charge is -2.39. The normalized spacial score (nSPS) is 22.5. The molecule has 0 aliphatic heterocycles. The molecule has 0 saturated heterocycles. The van der Waals surface area contributed by atoms with Gasteiger partial charge in [-0.2, -0.15) is 0 Å². The van der Waals surface area contributed by atoms with Crippen molar-refractivity contribution in [2.45, 2.75) is 38.0 Å². The third-order valence-electron chi connectivity index (χ3n) is 4.54. The zero-order chi connectivity index (χ0) is 14.6. The van der Waals surface area contributed by atoms with Gasteiger partial charge < -0.3 is 5.32 Å². The van der Waals surface area contributed by atoms with Crippen LogP contribution in [0.5, 0.6) is 0 Å². The van der Waals surface area contributed by atoms with Gasteiger partial charge in [-0.1, -0.05) is 31.2 Å².